The van der Waals surface area contributed by atoms with Crippen LogP contribution in [0.5, 0.6) is 0 Å². The molecule has 1 amide bonds. The van der Waals surface area contributed by atoms with Crippen molar-refractivity contribution >= 4 is 29.3 Å². The van der Waals surface area contributed by atoms with Gasteiger partial charge >= 0.3 is 0 Å². The van der Waals surface area contributed by atoms with Gasteiger partial charge in [-0.2, -0.15) is 4.98 Å². The molecule has 2 aromatic rings. The Kier molecular flexibility index (Phi) is 5.96. The molecule has 0 aliphatic carbocycles. The fraction of sp³-hybridized carbons (Fsp3) is 0.522. The Morgan fingerprint density at radius 1 is 0.903 bits per heavy atom. The number of carbonyl (C=O) groups excluding carboxylic acids is 1. The van der Waals surface area contributed by atoms with Crippen LogP contribution >= 0.6 is 11.6 Å². The molecule has 2 saturated heterocycles. The van der Waals surface area contributed by atoms with Crippen LogP contribution in [0.15, 0.2) is 24.3 Å². The zero-order valence-corrected chi connectivity index (χ0v) is 18.5. The molecule has 164 valence electrons. The van der Waals surface area contributed by atoms with Crippen molar-refractivity contribution in [2.45, 2.75) is 32.2 Å². The number of ether oxygens (including phenoxy) is 1. The molecule has 0 N–H and O–H groups in total. The van der Waals surface area contributed by atoms with Gasteiger partial charge in [-0.05, 0) is 43.5 Å². The van der Waals surface area contributed by atoms with Crippen LogP contribution in [0.4, 0.5) is 11.8 Å². The SMILES string of the molecule is O=C(c1ccc(Cl)cc1)N1CCc2nc(N3CCCCC3)nc(N3CCOCC3)c2C1. The van der Waals surface area contributed by atoms with Crippen molar-refractivity contribution in [2.24, 2.45) is 0 Å². The van der Waals surface area contributed by atoms with E-state index in [-0.39, 0.29) is 5.91 Å². The lowest BCUT2D eigenvalue weighted by atomic mass is 10.0. The number of hydrogen-bond donors (Lipinski definition) is 0. The number of aromatic nitrogens is 2. The van der Waals surface area contributed by atoms with Crippen LogP contribution in [0.3, 0.4) is 0 Å². The molecule has 0 unspecified atom stereocenters. The lowest BCUT2D eigenvalue weighted by Crippen LogP contribution is -2.42. The number of piperidine rings is 1. The van der Waals surface area contributed by atoms with E-state index in [0.29, 0.717) is 36.9 Å². The molecule has 0 atom stereocenters. The highest BCUT2D eigenvalue weighted by Crippen LogP contribution is 2.31. The highest BCUT2D eigenvalue weighted by atomic mass is 35.5. The molecule has 0 spiro atoms. The van der Waals surface area contributed by atoms with Gasteiger partial charge in [0.2, 0.25) is 5.95 Å². The lowest BCUT2D eigenvalue weighted by Gasteiger charge is -2.36. The van der Waals surface area contributed by atoms with Crippen LogP contribution in [0.2, 0.25) is 5.02 Å². The second-order valence-electron chi connectivity index (χ2n) is 8.40. The van der Waals surface area contributed by atoms with E-state index in [4.69, 9.17) is 26.3 Å². The molecule has 0 bridgehead atoms. The number of halogens is 1. The summed E-state index contributed by atoms with van der Waals surface area (Å²) in [7, 11) is 0. The molecule has 5 rings (SSSR count). The average molecular weight is 442 g/mol. The first-order valence-corrected chi connectivity index (χ1v) is 11.6. The summed E-state index contributed by atoms with van der Waals surface area (Å²) >= 11 is 5.99. The normalized spacial score (nSPS) is 19.3. The maximum Gasteiger partial charge on any atom is 0.254 e. The second kappa shape index (κ2) is 9.01. The summed E-state index contributed by atoms with van der Waals surface area (Å²) < 4.78 is 5.57. The van der Waals surface area contributed by atoms with Crippen molar-refractivity contribution in [1.29, 1.82) is 0 Å². The maximum absolute atomic E-state index is 13.1. The van der Waals surface area contributed by atoms with Crippen molar-refractivity contribution in [3.05, 3.63) is 46.1 Å². The first-order valence-electron chi connectivity index (χ1n) is 11.2. The minimum Gasteiger partial charge on any atom is -0.378 e. The van der Waals surface area contributed by atoms with Gasteiger partial charge in [-0.25, -0.2) is 4.98 Å². The van der Waals surface area contributed by atoms with E-state index >= 15 is 0 Å². The zero-order chi connectivity index (χ0) is 21.2. The van der Waals surface area contributed by atoms with Gasteiger partial charge < -0.3 is 19.4 Å². The van der Waals surface area contributed by atoms with E-state index in [2.05, 4.69) is 9.80 Å². The summed E-state index contributed by atoms with van der Waals surface area (Å²) in [6.07, 6.45) is 4.41. The number of rotatable bonds is 3. The summed E-state index contributed by atoms with van der Waals surface area (Å²) in [6, 6.07) is 7.11. The van der Waals surface area contributed by atoms with Crippen molar-refractivity contribution in [1.82, 2.24) is 14.9 Å². The molecule has 4 heterocycles. The van der Waals surface area contributed by atoms with E-state index in [1.165, 1.54) is 19.3 Å². The smallest absolute Gasteiger partial charge is 0.254 e. The number of nitrogens with zero attached hydrogens (tertiary/aromatic N) is 5. The fourth-order valence-electron chi connectivity index (χ4n) is 4.60. The van der Waals surface area contributed by atoms with E-state index in [0.717, 1.165) is 55.6 Å². The summed E-state index contributed by atoms with van der Waals surface area (Å²) in [5.41, 5.74) is 2.82. The highest BCUT2D eigenvalue weighted by Gasteiger charge is 2.30. The van der Waals surface area contributed by atoms with Gasteiger partial charge in [0.05, 0.1) is 25.5 Å². The Labute approximate surface area is 188 Å². The number of morpholine rings is 1. The quantitative estimate of drug-likeness (QED) is 0.729. The first kappa shape index (κ1) is 20.5. The van der Waals surface area contributed by atoms with Gasteiger partial charge in [0, 0.05) is 55.3 Å². The number of anilines is 2. The van der Waals surface area contributed by atoms with Crippen molar-refractivity contribution < 1.29 is 9.53 Å². The minimum atomic E-state index is 0.0235. The van der Waals surface area contributed by atoms with Crippen LogP contribution in [0.1, 0.15) is 40.9 Å². The van der Waals surface area contributed by atoms with Gasteiger partial charge in [0.25, 0.3) is 5.91 Å². The molecule has 31 heavy (non-hydrogen) atoms. The molecule has 8 heteroatoms. The molecule has 1 aromatic heterocycles. The molecular weight excluding hydrogens is 414 g/mol. The summed E-state index contributed by atoms with van der Waals surface area (Å²) in [5, 5.41) is 0.633. The van der Waals surface area contributed by atoms with E-state index < -0.39 is 0 Å². The second-order valence-corrected chi connectivity index (χ2v) is 8.84. The van der Waals surface area contributed by atoms with Gasteiger partial charge in [-0.1, -0.05) is 11.6 Å². The Bertz CT molecular complexity index is 940. The van der Waals surface area contributed by atoms with E-state index in [1.807, 2.05) is 4.90 Å². The first-order chi connectivity index (χ1) is 15.2. The molecule has 3 aliphatic rings. The summed E-state index contributed by atoms with van der Waals surface area (Å²) in [5.74, 6) is 1.84. The number of hydrogen-bond acceptors (Lipinski definition) is 6. The molecule has 0 radical (unpaired) electrons. The summed E-state index contributed by atoms with van der Waals surface area (Å²) in [4.78, 5) is 29.7. The maximum atomic E-state index is 13.1. The predicted octanol–water partition coefficient (Wildman–Crippen LogP) is 3.16. The van der Waals surface area contributed by atoms with E-state index in [1.54, 1.807) is 24.3 Å². The number of amides is 1. The lowest BCUT2D eigenvalue weighted by molar-refractivity contribution is 0.0733. The van der Waals surface area contributed by atoms with E-state index in [9.17, 15) is 4.79 Å². The number of fused-ring (bicyclic) bond motifs is 1. The third-order valence-corrected chi connectivity index (χ3v) is 6.61. The predicted molar refractivity (Wildman–Crippen MR) is 121 cm³/mol. The highest BCUT2D eigenvalue weighted by molar-refractivity contribution is 6.30. The molecule has 3 aliphatic heterocycles. The van der Waals surface area contributed by atoms with Crippen LogP contribution in [-0.4, -0.2) is 66.7 Å². The Morgan fingerprint density at radius 3 is 2.39 bits per heavy atom. The minimum absolute atomic E-state index is 0.0235. The van der Waals surface area contributed by atoms with Gasteiger partial charge in [0.1, 0.15) is 5.82 Å². The Morgan fingerprint density at radius 2 is 1.65 bits per heavy atom. The van der Waals surface area contributed by atoms with Crippen LogP contribution in [0, 0.1) is 0 Å². The third-order valence-electron chi connectivity index (χ3n) is 6.35. The van der Waals surface area contributed by atoms with Gasteiger partial charge in [-0.3, -0.25) is 4.79 Å². The van der Waals surface area contributed by atoms with Crippen LogP contribution < -0.4 is 9.80 Å². The Hall–Kier alpha value is -2.38. The topological polar surface area (TPSA) is 61.8 Å². The standard InChI is InChI=1S/C23H28ClN5O2/c24-18-6-4-17(5-7-18)22(30)29-11-8-20-19(16-29)21(27-12-14-31-15-13-27)26-23(25-20)28-9-2-1-3-10-28/h4-7H,1-3,8-16H2. The molecular formula is C23H28ClN5O2. The van der Waals surface area contributed by atoms with Crippen LogP contribution in [-0.2, 0) is 17.7 Å². The fourth-order valence-corrected chi connectivity index (χ4v) is 4.73. The van der Waals surface area contributed by atoms with Crippen molar-refractivity contribution in [2.75, 3.05) is 55.7 Å². The summed E-state index contributed by atoms with van der Waals surface area (Å²) in [6.45, 7) is 6.25. The average Bonchev–Trinajstić information content (AvgIpc) is 2.84. The van der Waals surface area contributed by atoms with Gasteiger partial charge in [0.15, 0.2) is 0 Å². The van der Waals surface area contributed by atoms with Crippen molar-refractivity contribution in [3.8, 4) is 0 Å². The largest absolute Gasteiger partial charge is 0.378 e. The molecule has 7 nitrogen and oxygen atoms in total. The van der Waals surface area contributed by atoms with Crippen molar-refractivity contribution in [3.63, 3.8) is 0 Å². The monoisotopic (exact) mass is 441 g/mol. The Balaban J connectivity index is 1.46. The van der Waals surface area contributed by atoms with Crippen LogP contribution in [0.25, 0.3) is 0 Å². The third kappa shape index (κ3) is 4.34. The number of benzene rings is 1. The number of carbonyl (C=O) groups is 1. The zero-order valence-electron chi connectivity index (χ0n) is 17.7. The molecule has 0 saturated carbocycles. The molecule has 2 fully saturated rings. The molecule has 1 aromatic carbocycles. The van der Waals surface area contributed by atoms with Gasteiger partial charge in [-0.15, -0.1) is 0 Å².